The SMILES string of the molecule is NCc1cc(CC(=O)O)c(C(F)F)c(=O)[nH]1. The fourth-order valence-corrected chi connectivity index (χ4v) is 1.34. The zero-order valence-corrected chi connectivity index (χ0v) is 8.17. The molecule has 0 aliphatic carbocycles. The van der Waals surface area contributed by atoms with Crippen LogP contribution in [0.25, 0.3) is 0 Å². The van der Waals surface area contributed by atoms with Gasteiger partial charge in [0, 0.05) is 12.2 Å². The van der Waals surface area contributed by atoms with E-state index in [2.05, 4.69) is 4.98 Å². The normalized spacial score (nSPS) is 10.8. The molecular formula is C9H10F2N2O3. The van der Waals surface area contributed by atoms with Crippen molar-refractivity contribution in [1.29, 1.82) is 0 Å². The van der Waals surface area contributed by atoms with Gasteiger partial charge in [0.25, 0.3) is 12.0 Å². The number of pyridine rings is 1. The molecule has 5 nitrogen and oxygen atoms in total. The van der Waals surface area contributed by atoms with Crippen molar-refractivity contribution in [1.82, 2.24) is 4.98 Å². The third-order valence-corrected chi connectivity index (χ3v) is 1.99. The number of nitrogens with two attached hydrogens (primary N) is 1. The highest BCUT2D eigenvalue weighted by molar-refractivity contribution is 5.70. The first-order valence-electron chi connectivity index (χ1n) is 4.40. The molecule has 0 spiro atoms. The maximum Gasteiger partial charge on any atom is 0.307 e. The van der Waals surface area contributed by atoms with Gasteiger partial charge in [0.2, 0.25) is 0 Å². The minimum absolute atomic E-state index is 0.0502. The molecule has 7 heteroatoms. The Morgan fingerprint density at radius 1 is 1.56 bits per heavy atom. The number of alkyl halides is 2. The van der Waals surface area contributed by atoms with Crippen LogP contribution in [0.5, 0.6) is 0 Å². The number of aromatic nitrogens is 1. The van der Waals surface area contributed by atoms with E-state index in [1.165, 1.54) is 6.07 Å². The van der Waals surface area contributed by atoms with Gasteiger partial charge in [0.1, 0.15) is 0 Å². The van der Waals surface area contributed by atoms with Crippen LogP contribution in [0.3, 0.4) is 0 Å². The molecule has 0 aliphatic rings. The zero-order chi connectivity index (χ0) is 12.3. The summed E-state index contributed by atoms with van der Waals surface area (Å²) >= 11 is 0. The van der Waals surface area contributed by atoms with Gasteiger partial charge in [-0.3, -0.25) is 9.59 Å². The smallest absolute Gasteiger partial charge is 0.307 e. The molecule has 0 atom stereocenters. The summed E-state index contributed by atoms with van der Waals surface area (Å²) in [5.41, 5.74) is 3.47. The van der Waals surface area contributed by atoms with Gasteiger partial charge in [-0.2, -0.15) is 0 Å². The number of halogens is 2. The minimum Gasteiger partial charge on any atom is -0.481 e. The van der Waals surface area contributed by atoms with E-state index in [0.29, 0.717) is 0 Å². The number of nitrogens with one attached hydrogen (secondary N) is 1. The van der Waals surface area contributed by atoms with Crippen LogP contribution in [0.15, 0.2) is 10.9 Å². The lowest BCUT2D eigenvalue weighted by atomic mass is 10.1. The Bertz CT molecular complexity index is 457. The minimum atomic E-state index is -3.01. The number of hydrogen-bond acceptors (Lipinski definition) is 3. The number of hydrogen-bond donors (Lipinski definition) is 3. The summed E-state index contributed by atoms with van der Waals surface area (Å²) in [7, 11) is 0. The van der Waals surface area contributed by atoms with Gasteiger partial charge in [-0.1, -0.05) is 0 Å². The van der Waals surface area contributed by atoms with Crippen LogP contribution in [0.1, 0.15) is 23.2 Å². The molecule has 1 aromatic heterocycles. The number of carboxylic acids is 1. The van der Waals surface area contributed by atoms with Gasteiger partial charge in [0.05, 0.1) is 12.0 Å². The van der Waals surface area contributed by atoms with E-state index in [4.69, 9.17) is 10.8 Å². The lowest BCUT2D eigenvalue weighted by Gasteiger charge is -2.07. The van der Waals surface area contributed by atoms with Gasteiger partial charge in [0.15, 0.2) is 0 Å². The van der Waals surface area contributed by atoms with E-state index in [0.717, 1.165) is 0 Å². The van der Waals surface area contributed by atoms with Crippen molar-refractivity contribution in [2.24, 2.45) is 5.73 Å². The summed E-state index contributed by atoms with van der Waals surface area (Å²) in [4.78, 5) is 23.9. The number of aliphatic carboxylic acids is 1. The van der Waals surface area contributed by atoms with Crippen LogP contribution in [0, 0.1) is 0 Å². The summed E-state index contributed by atoms with van der Waals surface area (Å²) < 4.78 is 25.1. The summed E-state index contributed by atoms with van der Waals surface area (Å²) in [5, 5.41) is 8.54. The predicted octanol–water partition coefficient (Wildman–Crippen LogP) is 0.398. The van der Waals surface area contributed by atoms with Crippen molar-refractivity contribution in [3.8, 4) is 0 Å². The molecule has 16 heavy (non-hydrogen) atoms. The molecule has 0 bridgehead atoms. The third kappa shape index (κ3) is 2.63. The molecule has 1 rings (SSSR count). The molecule has 0 amide bonds. The zero-order valence-electron chi connectivity index (χ0n) is 8.17. The second-order valence-electron chi connectivity index (χ2n) is 3.14. The first-order chi connectivity index (χ1) is 7.45. The second-order valence-corrected chi connectivity index (χ2v) is 3.14. The average Bonchev–Trinajstić information content (AvgIpc) is 2.14. The van der Waals surface area contributed by atoms with Crippen LogP contribution in [-0.4, -0.2) is 16.1 Å². The highest BCUT2D eigenvalue weighted by atomic mass is 19.3. The Morgan fingerprint density at radius 3 is 2.62 bits per heavy atom. The van der Waals surface area contributed by atoms with Crippen molar-refractivity contribution >= 4 is 5.97 Å². The molecule has 0 saturated carbocycles. The van der Waals surface area contributed by atoms with Crippen molar-refractivity contribution in [3.63, 3.8) is 0 Å². The predicted molar refractivity (Wildman–Crippen MR) is 51.3 cm³/mol. The van der Waals surface area contributed by atoms with E-state index in [1.807, 2.05) is 0 Å². The number of carboxylic acid groups (broad SMARTS) is 1. The van der Waals surface area contributed by atoms with Gasteiger partial charge in [-0.15, -0.1) is 0 Å². The molecule has 0 aromatic carbocycles. The molecule has 0 aliphatic heterocycles. The van der Waals surface area contributed by atoms with E-state index in [1.54, 1.807) is 0 Å². The topological polar surface area (TPSA) is 96.2 Å². The molecule has 0 saturated heterocycles. The molecular weight excluding hydrogens is 222 g/mol. The Kier molecular flexibility index (Phi) is 3.73. The van der Waals surface area contributed by atoms with Crippen molar-refractivity contribution < 1.29 is 18.7 Å². The molecule has 1 heterocycles. The van der Waals surface area contributed by atoms with E-state index < -0.39 is 29.9 Å². The molecule has 0 fully saturated rings. The van der Waals surface area contributed by atoms with Crippen LogP contribution in [-0.2, 0) is 17.8 Å². The van der Waals surface area contributed by atoms with Crippen LogP contribution < -0.4 is 11.3 Å². The van der Waals surface area contributed by atoms with E-state index in [9.17, 15) is 18.4 Å². The number of rotatable bonds is 4. The quantitative estimate of drug-likeness (QED) is 0.700. The van der Waals surface area contributed by atoms with Crippen molar-refractivity contribution in [3.05, 3.63) is 33.2 Å². The maximum absolute atomic E-state index is 12.5. The fourth-order valence-electron chi connectivity index (χ4n) is 1.34. The Morgan fingerprint density at radius 2 is 2.19 bits per heavy atom. The summed E-state index contributed by atoms with van der Waals surface area (Å²) in [6, 6.07) is 1.18. The number of aromatic amines is 1. The Hall–Kier alpha value is -1.76. The van der Waals surface area contributed by atoms with Crippen LogP contribution >= 0.6 is 0 Å². The summed E-state index contributed by atoms with van der Waals surface area (Å²) in [5.74, 6) is -1.28. The Labute approximate surface area is 88.9 Å². The van der Waals surface area contributed by atoms with Crippen molar-refractivity contribution in [2.45, 2.75) is 19.4 Å². The highest BCUT2D eigenvalue weighted by Gasteiger charge is 2.19. The monoisotopic (exact) mass is 232 g/mol. The number of carbonyl (C=O) groups is 1. The molecule has 1 aromatic rings. The first kappa shape index (κ1) is 12.3. The summed E-state index contributed by atoms with van der Waals surface area (Å²) in [6.07, 6.45) is -3.64. The van der Waals surface area contributed by atoms with Gasteiger partial charge in [-0.05, 0) is 11.6 Å². The summed E-state index contributed by atoms with van der Waals surface area (Å²) in [6.45, 7) is -0.0502. The van der Waals surface area contributed by atoms with Gasteiger partial charge in [-0.25, -0.2) is 8.78 Å². The largest absolute Gasteiger partial charge is 0.481 e. The van der Waals surface area contributed by atoms with Gasteiger partial charge >= 0.3 is 5.97 Å². The van der Waals surface area contributed by atoms with E-state index >= 15 is 0 Å². The average molecular weight is 232 g/mol. The second kappa shape index (κ2) is 4.84. The van der Waals surface area contributed by atoms with Crippen LogP contribution in [0.2, 0.25) is 0 Å². The molecule has 88 valence electrons. The first-order valence-corrected chi connectivity index (χ1v) is 4.40. The molecule has 0 unspecified atom stereocenters. The van der Waals surface area contributed by atoms with E-state index in [-0.39, 0.29) is 17.8 Å². The Balaban J connectivity index is 3.34. The third-order valence-electron chi connectivity index (χ3n) is 1.99. The standard InChI is InChI=1S/C9H10F2N2O3/c10-8(11)7-4(2-6(14)15)1-5(3-12)13-9(7)16/h1,8H,2-3,12H2,(H,13,16)(H,14,15). The molecule has 0 radical (unpaired) electrons. The number of H-pyrrole nitrogens is 1. The van der Waals surface area contributed by atoms with Crippen molar-refractivity contribution in [2.75, 3.05) is 0 Å². The lowest BCUT2D eigenvalue weighted by molar-refractivity contribution is -0.136. The fraction of sp³-hybridized carbons (Fsp3) is 0.333. The molecule has 4 N–H and O–H groups in total. The van der Waals surface area contributed by atoms with Crippen LogP contribution in [0.4, 0.5) is 8.78 Å². The highest BCUT2D eigenvalue weighted by Crippen LogP contribution is 2.19. The van der Waals surface area contributed by atoms with Gasteiger partial charge < -0.3 is 15.8 Å². The maximum atomic E-state index is 12.5. The lowest BCUT2D eigenvalue weighted by Crippen LogP contribution is -2.21.